The number of hydrogen-bond donors (Lipinski definition) is 2. The van der Waals surface area contributed by atoms with Gasteiger partial charge in [0, 0.05) is 19.6 Å². The molecule has 1 aliphatic heterocycles. The Labute approximate surface area is 142 Å². The van der Waals surface area contributed by atoms with E-state index in [0.717, 1.165) is 10.5 Å². The van der Waals surface area contributed by atoms with E-state index >= 15 is 0 Å². The van der Waals surface area contributed by atoms with Gasteiger partial charge in [0.25, 0.3) is 0 Å². The van der Waals surface area contributed by atoms with E-state index in [-0.39, 0.29) is 6.54 Å². The minimum Gasteiger partial charge on any atom is -0.494 e. The van der Waals surface area contributed by atoms with Gasteiger partial charge in [0.05, 0.1) is 18.4 Å². The number of nitrogens with one attached hydrogen (secondary N) is 1. The predicted molar refractivity (Wildman–Crippen MR) is 82.1 cm³/mol. The Morgan fingerprint density at radius 1 is 1.28 bits per heavy atom. The molecule has 25 heavy (non-hydrogen) atoms. The molecule has 0 radical (unpaired) electrons. The normalized spacial score (nSPS) is 20.4. The van der Waals surface area contributed by atoms with E-state index in [1.807, 2.05) is 6.92 Å². The second-order valence-electron chi connectivity index (χ2n) is 5.73. The summed E-state index contributed by atoms with van der Waals surface area (Å²) in [5.41, 5.74) is 0.748. The summed E-state index contributed by atoms with van der Waals surface area (Å²) in [5.74, 6) is -4.57. The lowest BCUT2D eigenvalue weighted by molar-refractivity contribution is -0.187. The Bertz CT molecular complexity index is 619. The number of carboxylic acid groups (broad SMARTS) is 1. The molecule has 1 aliphatic rings. The molecule has 0 spiro atoms. The maximum absolute atomic E-state index is 12.9. The van der Waals surface area contributed by atoms with Crippen molar-refractivity contribution >= 4 is 12.0 Å². The fourth-order valence-corrected chi connectivity index (χ4v) is 2.71. The first kappa shape index (κ1) is 18.9. The first-order valence-electron chi connectivity index (χ1n) is 7.76. The number of halogens is 3. The van der Waals surface area contributed by atoms with Gasteiger partial charge in [0.1, 0.15) is 5.75 Å². The van der Waals surface area contributed by atoms with E-state index in [9.17, 15) is 22.8 Å². The number of carboxylic acids is 1. The molecule has 2 amide bonds. The monoisotopic (exact) mass is 360 g/mol. The second kappa shape index (κ2) is 7.62. The Kier molecular flexibility index (Phi) is 5.76. The molecule has 9 heteroatoms. The van der Waals surface area contributed by atoms with Crippen LogP contribution >= 0.6 is 0 Å². The number of aliphatic carboxylic acids is 1. The van der Waals surface area contributed by atoms with Crippen molar-refractivity contribution in [2.45, 2.75) is 19.6 Å². The molecule has 2 N–H and O–H groups in total. The molecule has 1 aromatic rings. The SMILES string of the molecule is CCOc1ccc(CNC(=O)N2C[C@@H](C(F)(F)F)[C@H](C(=O)O)C2)cc1. The summed E-state index contributed by atoms with van der Waals surface area (Å²) in [4.78, 5) is 24.0. The number of rotatable bonds is 5. The predicted octanol–water partition coefficient (Wildman–Crippen LogP) is 2.49. The molecule has 1 heterocycles. The number of amides is 2. The number of nitrogens with zero attached hydrogens (tertiary/aromatic N) is 1. The standard InChI is InChI=1S/C16H19F3N2O4/c1-2-25-11-5-3-10(4-6-11)7-20-15(24)21-8-12(14(22)23)13(9-21)16(17,18)19/h3-6,12-13H,2,7-9H2,1H3,(H,20,24)(H,22,23)/t12-,13-/m1/s1. The number of urea groups is 1. The summed E-state index contributed by atoms with van der Waals surface area (Å²) in [6.45, 7) is 1.37. The van der Waals surface area contributed by atoms with E-state index in [1.54, 1.807) is 24.3 Å². The highest BCUT2D eigenvalue weighted by Crippen LogP contribution is 2.37. The molecule has 1 aromatic carbocycles. The molecule has 0 aliphatic carbocycles. The van der Waals surface area contributed by atoms with Gasteiger partial charge in [-0.2, -0.15) is 13.2 Å². The molecule has 1 saturated heterocycles. The van der Waals surface area contributed by atoms with Gasteiger partial charge >= 0.3 is 18.2 Å². The van der Waals surface area contributed by atoms with Gasteiger partial charge in [-0.1, -0.05) is 12.1 Å². The first-order chi connectivity index (χ1) is 11.7. The fourth-order valence-electron chi connectivity index (χ4n) is 2.71. The zero-order valence-electron chi connectivity index (χ0n) is 13.5. The van der Waals surface area contributed by atoms with E-state index in [2.05, 4.69) is 5.32 Å². The minimum absolute atomic E-state index is 0.121. The topological polar surface area (TPSA) is 78.9 Å². The van der Waals surface area contributed by atoms with Gasteiger partial charge in [-0.05, 0) is 24.6 Å². The third-order valence-electron chi connectivity index (χ3n) is 4.02. The number of hydrogen-bond acceptors (Lipinski definition) is 3. The van der Waals surface area contributed by atoms with Gasteiger partial charge in [0.15, 0.2) is 0 Å². The fraction of sp³-hybridized carbons (Fsp3) is 0.500. The largest absolute Gasteiger partial charge is 0.494 e. The Hall–Kier alpha value is -2.45. The van der Waals surface area contributed by atoms with Crippen LogP contribution in [0.5, 0.6) is 5.75 Å². The highest BCUT2D eigenvalue weighted by atomic mass is 19.4. The summed E-state index contributed by atoms with van der Waals surface area (Å²) in [5, 5.41) is 11.5. The van der Waals surface area contributed by atoms with Crippen molar-refractivity contribution in [3.05, 3.63) is 29.8 Å². The Balaban J connectivity index is 1.93. The van der Waals surface area contributed by atoms with Gasteiger partial charge in [-0.25, -0.2) is 4.79 Å². The Morgan fingerprint density at radius 2 is 1.92 bits per heavy atom. The van der Waals surface area contributed by atoms with Crippen molar-refractivity contribution in [3.8, 4) is 5.75 Å². The number of likely N-dealkylation sites (tertiary alicyclic amines) is 1. The Morgan fingerprint density at radius 3 is 2.40 bits per heavy atom. The first-order valence-corrected chi connectivity index (χ1v) is 7.76. The molecule has 0 bridgehead atoms. The summed E-state index contributed by atoms with van der Waals surface area (Å²) < 4.78 is 44.1. The van der Waals surface area contributed by atoms with Crippen LogP contribution in [0.25, 0.3) is 0 Å². The van der Waals surface area contributed by atoms with Gasteiger partial charge in [0.2, 0.25) is 0 Å². The van der Waals surface area contributed by atoms with Crippen molar-refractivity contribution in [1.82, 2.24) is 10.2 Å². The molecule has 0 aromatic heterocycles. The third-order valence-corrected chi connectivity index (χ3v) is 4.02. The van der Waals surface area contributed by atoms with E-state index in [1.165, 1.54) is 0 Å². The zero-order chi connectivity index (χ0) is 18.6. The molecule has 0 saturated carbocycles. The lowest BCUT2D eigenvalue weighted by atomic mass is 9.96. The molecular weight excluding hydrogens is 341 g/mol. The number of ether oxygens (including phenoxy) is 1. The molecule has 2 rings (SSSR count). The molecule has 0 unspecified atom stereocenters. The molecule has 6 nitrogen and oxygen atoms in total. The lowest BCUT2D eigenvalue weighted by Crippen LogP contribution is -2.39. The number of alkyl halides is 3. The summed E-state index contributed by atoms with van der Waals surface area (Å²) in [7, 11) is 0. The molecule has 1 fully saturated rings. The van der Waals surface area contributed by atoms with Crippen LogP contribution in [0.4, 0.5) is 18.0 Å². The molecule has 138 valence electrons. The van der Waals surface area contributed by atoms with Crippen molar-refractivity contribution in [2.75, 3.05) is 19.7 Å². The average molecular weight is 360 g/mol. The number of carbonyl (C=O) groups is 2. The van der Waals surface area contributed by atoms with E-state index < -0.39 is 43.1 Å². The molecular formula is C16H19F3N2O4. The smallest absolute Gasteiger partial charge is 0.394 e. The van der Waals surface area contributed by atoms with E-state index in [0.29, 0.717) is 12.4 Å². The van der Waals surface area contributed by atoms with Crippen molar-refractivity contribution in [2.24, 2.45) is 11.8 Å². The zero-order valence-corrected chi connectivity index (χ0v) is 13.5. The average Bonchev–Trinajstić information content (AvgIpc) is 3.00. The van der Waals surface area contributed by atoms with Crippen LogP contribution in [0.15, 0.2) is 24.3 Å². The highest BCUT2D eigenvalue weighted by molar-refractivity contribution is 5.77. The van der Waals surface area contributed by atoms with Crippen LogP contribution in [0.3, 0.4) is 0 Å². The quantitative estimate of drug-likeness (QED) is 0.846. The number of carbonyl (C=O) groups excluding carboxylic acids is 1. The minimum atomic E-state index is -4.66. The van der Waals surface area contributed by atoms with Gasteiger partial charge in [-0.3, -0.25) is 4.79 Å². The summed E-state index contributed by atoms with van der Waals surface area (Å²) in [6, 6.07) is 6.19. The third kappa shape index (κ3) is 4.77. The van der Waals surface area contributed by atoms with Crippen molar-refractivity contribution < 1.29 is 32.6 Å². The second-order valence-corrected chi connectivity index (χ2v) is 5.73. The van der Waals surface area contributed by atoms with Crippen LogP contribution in [0, 0.1) is 11.8 Å². The number of benzene rings is 1. The van der Waals surface area contributed by atoms with E-state index in [4.69, 9.17) is 9.84 Å². The maximum atomic E-state index is 12.9. The lowest BCUT2D eigenvalue weighted by Gasteiger charge is -2.18. The van der Waals surface area contributed by atoms with Gasteiger partial charge in [-0.15, -0.1) is 0 Å². The highest BCUT2D eigenvalue weighted by Gasteiger charge is 2.53. The summed E-state index contributed by atoms with van der Waals surface area (Å²) in [6.07, 6.45) is -4.66. The maximum Gasteiger partial charge on any atom is 0.394 e. The van der Waals surface area contributed by atoms with Crippen molar-refractivity contribution in [3.63, 3.8) is 0 Å². The van der Waals surface area contributed by atoms with Crippen LogP contribution < -0.4 is 10.1 Å². The van der Waals surface area contributed by atoms with Crippen LogP contribution in [0.1, 0.15) is 12.5 Å². The van der Waals surface area contributed by atoms with Crippen LogP contribution in [0.2, 0.25) is 0 Å². The van der Waals surface area contributed by atoms with Crippen LogP contribution in [-0.4, -0.2) is 47.9 Å². The molecule has 2 atom stereocenters. The summed E-state index contributed by atoms with van der Waals surface area (Å²) >= 11 is 0. The van der Waals surface area contributed by atoms with Crippen LogP contribution in [-0.2, 0) is 11.3 Å². The van der Waals surface area contributed by atoms with Gasteiger partial charge < -0.3 is 20.1 Å². The van der Waals surface area contributed by atoms with Crippen molar-refractivity contribution in [1.29, 1.82) is 0 Å².